The average molecular weight is 271 g/mol. The Labute approximate surface area is 94.0 Å². The van der Waals surface area contributed by atoms with Crippen molar-refractivity contribution in [3.63, 3.8) is 0 Å². The van der Waals surface area contributed by atoms with Crippen molar-refractivity contribution in [3.05, 3.63) is 32.7 Å². The molecule has 0 amide bonds. The second kappa shape index (κ2) is 4.75. The Balaban J connectivity index is 3.20. The van der Waals surface area contributed by atoms with Crippen molar-refractivity contribution in [2.24, 2.45) is 0 Å². The highest BCUT2D eigenvalue weighted by Crippen LogP contribution is 2.08. The fraction of sp³-hybridized carbons (Fsp3) is 0.222. The van der Waals surface area contributed by atoms with Gasteiger partial charge in [0, 0.05) is 10.7 Å². The fourth-order valence-corrected chi connectivity index (χ4v) is 1.48. The van der Waals surface area contributed by atoms with E-state index in [1.165, 1.54) is 19.4 Å². The summed E-state index contributed by atoms with van der Waals surface area (Å²) < 4.78 is 6.10. The Bertz CT molecular complexity index is 487. The minimum atomic E-state index is -0.543. The van der Waals surface area contributed by atoms with E-state index in [4.69, 9.17) is 5.26 Å². The third-order valence-electron chi connectivity index (χ3n) is 1.70. The SMILES string of the molecule is COC(=O)Cn1cc(Br)cc(C#N)c1=O. The van der Waals surface area contributed by atoms with E-state index in [-0.39, 0.29) is 12.1 Å². The third-order valence-corrected chi connectivity index (χ3v) is 2.13. The maximum absolute atomic E-state index is 11.5. The number of esters is 1. The number of halogens is 1. The molecule has 1 aromatic rings. The van der Waals surface area contributed by atoms with Gasteiger partial charge < -0.3 is 9.30 Å². The first-order valence-corrected chi connectivity index (χ1v) is 4.74. The van der Waals surface area contributed by atoms with Crippen molar-refractivity contribution in [2.75, 3.05) is 7.11 Å². The summed E-state index contributed by atoms with van der Waals surface area (Å²) in [5, 5.41) is 8.66. The van der Waals surface area contributed by atoms with Gasteiger partial charge in [0.25, 0.3) is 5.56 Å². The molecule has 0 aliphatic rings. The van der Waals surface area contributed by atoms with Crippen LogP contribution in [0.5, 0.6) is 0 Å². The normalized spacial score (nSPS) is 9.40. The van der Waals surface area contributed by atoms with Crippen LogP contribution in [0.3, 0.4) is 0 Å². The number of rotatable bonds is 2. The third kappa shape index (κ3) is 2.67. The molecule has 6 heteroatoms. The number of nitriles is 1. The zero-order valence-electron chi connectivity index (χ0n) is 7.86. The van der Waals surface area contributed by atoms with Gasteiger partial charge in [-0.25, -0.2) is 0 Å². The quantitative estimate of drug-likeness (QED) is 0.740. The van der Waals surface area contributed by atoms with E-state index < -0.39 is 11.5 Å². The zero-order valence-corrected chi connectivity index (χ0v) is 9.44. The monoisotopic (exact) mass is 270 g/mol. The summed E-state index contributed by atoms with van der Waals surface area (Å²) in [5.74, 6) is -0.543. The lowest BCUT2D eigenvalue weighted by Crippen LogP contribution is -2.26. The first-order valence-electron chi connectivity index (χ1n) is 3.95. The van der Waals surface area contributed by atoms with E-state index in [1.54, 1.807) is 6.07 Å². The molecule has 78 valence electrons. The molecule has 15 heavy (non-hydrogen) atoms. The van der Waals surface area contributed by atoms with Crippen LogP contribution in [0.25, 0.3) is 0 Å². The van der Waals surface area contributed by atoms with Crippen molar-refractivity contribution >= 4 is 21.9 Å². The first-order chi connectivity index (χ1) is 7.08. The number of nitrogens with zero attached hydrogens (tertiary/aromatic N) is 2. The molecule has 0 aromatic carbocycles. The summed E-state index contributed by atoms with van der Waals surface area (Å²) >= 11 is 3.14. The maximum Gasteiger partial charge on any atom is 0.325 e. The molecule has 0 saturated carbocycles. The van der Waals surface area contributed by atoms with Crippen LogP contribution in [-0.2, 0) is 16.1 Å². The largest absolute Gasteiger partial charge is 0.468 e. The van der Waals surface area contributed by atoms with Crippen molar-refractivity contribution < 1.29 is 9.53 Å². The van der Waals surface area contributed by atoms with Gasteiger partial charge in [-0.3, -0.25) is 9.59 Å². The first kappa shape index (κ1) is 11.5. The van der Waals surface area contributed by atoms with Crippen molar-refractivity contribution in [1.82, 2.24) is 4.57 Å². The highest BCUT2D eigenvalue weighted by atomic mass is 79.9. The van der Waals surface area contributed by atoms with Crippen LogP contribution in [-0.4, -0.2) is 17.6 Å². The molecule has 1 aromatic heterocycles. The lowest BCUT2D eigenvalue weighted by Gasteiger charge is -2.04. The van der Waals surface area contributed by atoms with Gasteiger partial charge in [-0.1, -0.05) is 0 Å². The Kier molecular flexibility index (Phi) is 3.63. The molecule has 0 fully saturated rings. The van der Waals surface area contributed by atoms with Gasteiger partial charge in [0.05, 0.1) is 7.11 Å². The molecule has 0 N–H and O–H groups in total. The van der Waals surface area contributed by atoms with Gasteiger partial charge in [-0.05, 0) is 22.0 Å². The second-order valence-electron chi connectivity index (χ2n) is 2.69. The van der Waals surface area contributed by atoms with Crippen molar-refractivity contribution in [3.8, 4) is 6.07 Å². The van der Waals surface area contributed by atoms with Gasteiger partial charge >= 0.3 is 5.97 Å². The molecular formula is C9H7BrN2O3. The minimum absolute atomic E-state index is 0.0201. The van der Waals surface area contributed by atoms with Gasteiger partial charge in [-0.2, -0.15) is 5.26 Å². The van der Waals surface area contributed by atoms with Crippen molar-refractivity contribution in [2.45, 2.75) is 6.54 Å². The smallest absolute Gasteiger partial charge is 0.325 e. The average Bonchev–Trinajstić information content (AvgIpc) is 2.22. The molecule has 0 radical (unpaired) electrons. The predicted molar refractivity (Wildman–Crippen MR) is 55.1 cm³/mol. The molecule has 0 aliphatic heterocycles. The van der Waals surface area contributed by atoms with Crippen molar-refractivity contribution in [1.29, 1.82) is 5.26 Å². The van der Waals surface area contributed by atoms with E-state index in [0.29, 0.717) is 4.47 Å². The molecule has 1 rings (SSSR count). The van der Waals surface area contributed by atoms with E-state index >= 15 is 0 Å². The Morgan fingerprint density at radius 3 is 2.93 bits per heavy atom. The van der Waals surface area contributed by atoms with Gasteiger partial charge in [0.2, 0.25) is 0 Å². The summed E-state index contributed by atoms with van der Waals surface area (Å²) in [7, 11) is 1.23. The molecule has 0 spiro atoms. The predicted octanol–water partition coefficient (Wildman–Crippen LogP) is 0.655. The number of hydrogen-bond donors (Lipinski definition) is 0. The highest BCUT2D eigenvalue weighted by molar-refractivity contribution is 9.10. The molecule has 0 bridgehead atoms. The zero-order chi connectivity index (χ0) is 11.4. The van der Waals surface area contributed by atoms with Crippen LogP contribution in [0.1, 0.15) is 5.56 Å². The lowest BCUT2D eigenvalue weighted by molar-refractivity contribution is -0.141. The summed E-state index contributed by atoms with van der Waals surface area (Å²) in [6, 6.07) is 3.15. The fourth-order valence-electron chi connectivity index (χ4n) is 1.00. The number of methoxy groups -OCH3 is 1. The van der Waals surface area contributed by atoms with Crippen LogP contribution < -0.4 is 5.56 Å². The number of carbonyl (C=O) groups is 1. The number of ether oxygens (including phenoxy) is 1. The molecule has 0 aliphatic carbocycles. The second-order valence-corrected chi connectivity index (χ2v) is 3.61. The lowest BCUT2D eigenvalue weighted by atomic mass is 10.3. The number of hydrogen-bond acceptors (Lipinski definition) is 4. The molecule has 0 saturated heterocycles. The Hall–Kier alpha value is -1.61. The van der Waals surface area contributed by atoms with Crippen LogP contribution in [0.2, 0.25) is 0 Å². The maximum atomic E-state index is 11.5. The molecule has 1 heterocycles. The van der Waals surface area contributed by atoms with E-state index in [1.807, 2.05) is 0 Å². The standard InChI is InChI=1S/C9H7BrN2O3/c1-15-8(13)5-12-4-7(10)2-6(3-11)9(12)14/h2,4H,5H2,1H3. The summed E-state index contributed by atoms with van der Waals surface area (Å²) in [6.07, 6.45) is 1.43. The number of carbonyl (C=O) groups excluding carboxylic acids is 1. The van der Waals surface area contributed by atoms with Crippen LogP contribution >= 0.6 is 15.9 Å². The van der Waals surface area contributed by atoms with Gasteiger partial charge in [0.15, 0.2) is 0 Å². The highest BCUT2D eigenvalue weighted by Gasteiger charge is 2.08. The Morgan fingerprint density at radius 1 is 1.73 bits per heavy atom. The summed E-state index contributed by atoms with van der Waals surface area (Å²) in [5.41, 5.74) is -0.528. The number of pyridine rings is 1. The van der Waals surface area contributed by atoms with E-state index in [9.17, 15) is 9.59 Å². The topological polar surface area (TPSA) is 72.1 Å². The molecule has 0 unspecified atom stereocenters. The van der Waals surface area contributed by atoms with E-state index in [2.05, 4.69) is 20.7 Å². The van der Waals surface area contributed by atoms with Gasteiger partial charge in [0.1, 0.15) is 18.2 Å². The summed E-state index contributed by atoms with van der Waals surface area (Å²) in [6.45, 7) is -0.205. The number of aromatic nitrogens is 1. The Morgan fingerprint density at radius 2 is 2.40 bits per heavy atom. The minimum Gasteiger partial charge on any atom is -0.468 e. The van der Waals surface area contributed by atoms with E-state index in [0.717, 1.165) is 4.57 Å². The molecular weight excluding hydrogens is 264 g/mol. The van der Waals surface area contributed by atoms with Crippen LogP contribution in [0.15, 0.2) is 21.5 Å². The van der Waals surface area contributed by atoms with Gasteiger partial charge in [-0.15, -0.1) is 0 Å². The summed E-state index contributed by atoms with van der Waals surface area (Å²) in [4.78, 5) is 22.5. The van der Waals surface area contributed by atoms with Crippen LogP contribution in [0, 0.1) is 11.3 Å². The van der Waals surface area contributed by atoms with Crippen LogP contribution in [0.4, 0.5) is 0 Å². The molecule has 5 nitrogen and oxygen atoms in total. The molecule has 0 atom stereocenters.